The molecule has 45 heavy (non-hydrogen) atoms. The Bertz CT molecular complexity index is 1250. The van der Waals surface area contributed by atoms with Crippen molar-refractivity contribution in [3.05, 3.63) is 72.0 Å². The predicted octanol–water partition coefficient (Wildman–Crippen LogP) is 1.58. The van der Waals surface area contributed by atoms with Crippen LogP contribution in [0, 0.1) is 0 Å². The van der Waals surface area contributed by atoms with Crippen molar-refractivity contribution < 1.29 is 48.7 Å². The van der Waals surface area contributed by atoms with Crippen LogP contribution in [0.2, 0.25) is 0 Å². The third-order valence-electron chi connectivity index (χ3n) is 7.97. The summed E-state index contributed by atoms with van der Waals surface area (Å²) in [6.07, 6.45) is 6.09. The molecule has 12 nitrogen and oxygen atoms in total. The fourth-order valence-corrected chi connectivity index (χ4v) is 5.85. The van der Waals surface area contributed by atoms with Crippen LogP contribution in [0.25, 0.3) is 0 Å². The van der Waals surface area contributed by atoms with Crippen LogP contribution in [0.5, 0.6) is 0 Å². The first-order chi connectivity index (χ1) is 21.7. The smallest absolute Gasteiger partial charge is 0.338 e. The Hall–Kier alpha value is -3.39. The molecule has 0 aliphatic carbocycles. The van der Waals surface area contributed by atoms with E-state index in [0.29, 0.717) is 37.7 Å². The number of carbonyl (C=O) groups is 3. The van der Waals surface area contributed by atoms with Crippen molar-refractivity contribution in [2.24, 2.45) is 0 Å². The summed E-state index contributed by atoms with van der Waals surface area (Å²) in [5.41, 5.74) is 1.21. The Labute approximate surface area is 263 Å². The van der Waals surface area contributed by atoms with E-state index in [-0.39, 0.29) is 18.1 Å². The molecule has 9 atom stereocenters. The average molecular weight is 629 g/mol. The maximum Gasteiger partial charge on any atom is 0.338 e. The fourth-order valence-electron chi connectivity index (χ4n) is 5.85. The molecular formula is C33H44N2O10. The second kappa shape index (κ2) is 16.8. The molecule has 3 aliphatic heterocycles. The molecule has 2 bridgehead atoms. The lowest BCUT2D eigenvalue weighted by Gasteiger charge is -2.45. The number of amides is 2. The third kappa shape index (κ3) is 9.80. The third-order valence-corrected chi connectivity index (χ3v) is 7.97. The van der Waals surface area contributed by atoms with Gasteiger partial charge in [-0.3, -0.25) is 9.59 Å². The molecule has 4 rings (SSSR count). The van der Waals surface area contributed by atoms with Crippen molar-refractivity contribution in [1.82, 2.24) is 10.6 Å². The summed E-state index contributed by atoms with van der Waals surface area (Å²) in [7, 11) is 0. The largest absolute Gasteiger partial charge is 0.458 e. The summed E-state index contributed by atoms with van der Waals surface area (Å²) in [4.78, 5) is 37.2. The number of carbonyl (C=O) groups excluding carboxylic acids is 3. The summed E-state index contributed by atoms with van der Waals surface area (Å²) in [6, 6.07) is 6.13. The van der Waals surface area contributed by atoms with Gasteiger partial charge in [-0.15, -0.1) is 0 Å². The Kier molecular flexibility index (Phi) is 12.9. The quantitative estimate of drug-likeness (QED) is 0.145. The first-order valence-electron chi connectivity index (χ1n) is 15.5. The molecule has 0 saturated carbocycles. The van der Waals surface area contributed by atoms with Crippen molar-refractivity contribution in [2.45, 2.75) is 107 Å². The topological polar surface area (TPSA) is 173 Å². The molecule has 0 spiro atoms. The lowest BCUT2D eigenvalue weighted by atomic mass is 9.91. The zero-order valence-corrected chi connectivity index (χ0v) is 25.6. The van der Waals surface area contributed by atoms with Gasteiger partial charge in [0, 0.05) is 44.9 Å². The van der Waals surface area contributed by atoms with Crippen LogP contribution in [-0.4, -0.2) is 94.8 Å². The number of hydrogen-bond donors (Lipinski definition) is 5. The number of aliphatic hydroxyl groups is 3. The number of ether oxygens (including phenoxy) is 4. The normalized spacial score (nSPS) is 32.3. The van der Waals surface area contributed by atoms with Crippen LogP contribution in [0.1, 0.15) is 61.9 Å². The highest BCUT2D eigenvalue weighted by molar-refractivity contribution is 5.91. The number of allylic oxidation sites excluding steroid dienone is 3. The second-order valence-corrected chi connectivity index (χ2v) is 11.5. The van der Waals surface area contributed by atoms with Gasteiger partial charge in [0.25, 0.3) is 0 Å². The molecule has 5 N–H and O–H groups in total. The van der Waals surface area contributed by atoms with Crippen molar-refractivity contribution >= 4 is 17.8 Å². The number of benzene rings is 1. The van der Waals surface area contributed by atoms with E-state index in [2.05, 4.69) is 10.6 Å². The average Bonchev–Trinajstić information content (AvgIpc) is 3.00. The van der Waals surface area contributed by atoms with Crippen molar-refractivity contribution in [3.63, 3.8) is 0 Å². The highest BCUT2D eigenvalue weighted by Gasteiger charge is 2.47. The molecule has 0 aromatic heterocycles. The van der Waals surface area contributed by atoms with Crippen LogP contribution in [-0.2, 0) is 35.0 Å². The summed E-state index contributed by atoms with van der Waals surface area (Å²) >= 11 is 0. The van der Waals surface area contributed by atoms with E-state index in [1.807, 2.05) is 25.1 Å². The SMILES string of the molecule is CC/C=C\C=C/C(=O)N/C=C/CC1CC2CC(O[C@@H]3O[C@H](CO)[C@@H](O)[C@H](O)[C@H]3NC(C)=O)CC(Cc3ccccc3C(=O)O1)O2. The molecule has 4 unspecified atom stereocenters. The van der Waals surface area contributed by atoms with E-state index >= 15 is 0 Å². The summed E-state index contributed by atoms with van der Waals surface area (Å²) in [5.74, 6) is -1.15. The minimum Gasteiger partial charge on any atom is -0.458 e. The Balaban J connectivity index is 1.50. The number of rotatable bonds is 10. The van der Waals surface area contributed by atoms with E-state index in [1.54, 1.807) is 30.4 Å². The summed E-state index contributed by atoms with van der Waals surface area (Å²) < 4.78 is 24.6. The van der Waals surface area contributed by atoms with Crippen LogP contribution in [0.15, 0.2) is 60.8 Å². The highest BCUT2D eigenvalue weighted by Crippen LogP contribution is 2.33. The lowest BCUT2D eigenvalue weighted by Crippen LogP contribution is -2.65. The van der Waals surface area contributed by atoms with Gasteiger partial charge in [0.2, 0.25) is 11.8 Å². The van der Waals surface area contributed by atoms with Crippen molar-refractivity contribution in [1.29, 1.82) is 0 Å². The van der Waals surface area contributed by atoms with Gasteiger partial charge in [-0.05, 0) is 24.5 Å². The lowest BCUT2D eigenvalue weighted by molar-refractivity contribution is -0.291. The Morgan fingerprint density at radius 3 is 2.58 bits per heavy atom. The minimum atomic E-state index is -1.42. The van der Waals surface area contributed by atoms with Gasteiger partial charge in [0.1, 0.15) is 30.5 Å². The maximum atomic E-state index is 13.2. The van der Waals surface area contributed by atoms with Gasteiger partial charge >= 0.3 is 5.97 Å². The highest BCUT2D eigenvalue weighted by atomic mass is 16.7. The summed E-state index contributed by atoms with van der Waals surface area (Å²) in [5, 5.41) is 36.1. The zero-order valence-electron chi connectivity index (χ0n) is 25.6. The first-order valence-corrected chi connectivity index (χ1v) is 15.5. The number of fused-ring (bicyclic) bond motifs is 3. The summed E-state index contributed by atoms with van der Waals surface area (Å²) in [6.45, 7) is 2.74. The zero-order chi connectivity index (χ0) is 32.3. The Morgan fingerprint density at radius 1 is 1.04 bits per heavy atom. The molecule has 2 amide bonds. The van der Waals surface area contributed by atoms with E-state index < -0.39 is 61.3 Å². The van der Waals surface area contributed by atoms with E-state index in [0.717, 1.165) is 12.0 Å². The first kappa shape index (κ1) is 34.5. The fraction of sp³-hybridized carbons (Fsp3) is 0.545. The van der Waals surface area contributed by atoms with Crippen molar-refractivity contribution in [3.8, 4) is 0 Å². The molecular weight excluding hydrogens is 584 g/mol. The number of hydrogen-bond acceptors (Lipinski definition) is 10. The van der Waals surface area contributed by atoms with E-state index in [4.69, 9.17) is 18.9 Å². The van der Waals surface area contributed by atoms with Crippen LogP contribution in [0.3, 0.4) is 0 Å². The second-order valence-electron chi connectivity index (χ2n) is 11.5. The van der Waals surface area contributed by atoms with Gasteiger partial charge < -0.3 is 44.9 Å². The van der Waals surface area contributed by atoms with Crippen LogP contribution < -0.4 is 10.6 Å². The standard InChI is InChI=1S/C33H44N2O10/c1-3-4-5-6-13-28(38)34-14-9-11-22-16-24-18-25(17-23(42-24)15-21-10-7-8-12-26(21)32(41)43-22)44-33-29(35-20(2)37)31(40)30(39)27(19-36)45-33/h4-10,12-14,22-25,27,29-31,33,36,39-40H,3,11,15-19H2,1-2H3,(H,34,38)(H,35,37)/b5-4-,13-6-,14-9+/t22?,23?,24?,25?,27-,29-,30-,31-,33-/m1/s1. The number of esters is 1. The van der Waals surface area contributed by atoms with E-state index in [1.165, 1.54) is 19.2 Å². The van der Waals surface area contributed by atoms with Crippen LogP contribution >= 0.6 is 0 Å². The molecule has 2 fully saturated rings. The Morgan fingerprint density at radius 2 is 1.82 bits per heavy atom. The number of aliphatic hydroxyl groups excluding tert-OH is 3. The maximum absolute atomic E-state index is 13.2. The molecule has 3 aliphatic rings. The molecule has 1 aromatic rings. The number of nitrogens with one attached hydrogen (secondary N) is 2. The number of cyclic esters (lactones) is 1. The van der Waals surface area contributed by atoms with Crippen molar-refractivity contribution in [2.75, 3.05) is 6.61 Å². The molecule has 3 heterocycles. The monoisotopic (exact) mass is 628 g/mol. The van der Waals surface area contributed by atoms with Crippen LogP contribution in [0.4, 0.5) is 0 Å². The molecule has 1 aromatic carbocycles. The van der Waals surface area contributed by atoms with Gasteiger partial charge in [-0.2, -0.15) is 0 Å². The van der Waals surface area contributed by atoms with E-state index in [9.17, 15) is 29.7 Å². The molecule has 0 radical (unpaired) electrons. The minimum absolute atomic E-state index is 0.286. The molecule has 12 heteroatoms. The van der Waals surface area contributed by atoms with Gasteiger partial charge in [-0.25, -0.2) is 4.79 Å². The molecule has 2 saturated heterocycles. The van der Waals surface area contributed by atoms with Gasteiger partial charge in [0.15, 0.2) is 6.29 Å². The predicted molar refractivity (Wildman–Crippen MR) is 163 cm³/mol. The van der Waals surface area contributed by atoms with Gasteiger partial charge in [0.05, 0.1) is 30.5 Å². The molecule has 246 valence electrons. The van der Waals surface area contributed by atoms with Gasteiger partial charge in [-0.1, -0.05) is 49.4 Å².